The second-order valence-electron chi connectivity index (χ2n) is 9.15. The molecule has 0 saturated carbocycles. The minimum absolute atomic E-state index is 0.270. The zero-order chi connectivity index (χ0) is 26.0. The lowest BCUT2D eigenvalue weighted by molar-refractivity contribution is -0.381. The molecule has 0 spiro atoms. The molecule has 6 unspecified atom stereocenters. The fourth-order valence-electron chi connectivity index (χ4n) is 4.27. The second kappa shape index (κ2) is 12.3. The largest absolute Gasteiger partial charge is 0.394 e. The molecule has 3 saturated heterocycles. The van der Waals surface area contributed by atoms with Crippen LogP contribution in [-0.4, -0.2) is 146 Å². The van der Waals surface area contributed by atoms with Gasteiger partial charge in [-0.3, -0.25) is 0 Å². The van der Waals surface area contributed by atoms with Gasteiger partial charge in [-0.25, -0.2) is 0 Å². The zero-order valence-corrected chi connectivity index (χ0v) is 19.8. The van der Waals surface area contributed by atoms with Crippen LogP contribution in [-0.2, 0) is 28.4 Å². The van der Waals surface area contributed by atoms with E-state index < -0.39 is 98.7 Å². The molecule has 0 aromatic heterocycles. The third-order valence-corrected chi connectivity index (χ3v) is 6.48. The van der Waals surface area contributed by atoms with Crippen LogP contribution in [0.1, 0.15) is 27.2 Å². The molecule has 206 valence electrons. The minimum Gasteiger partial charge on any atom is -0.394 e. The van der Waals surface area contributed by atoms with Gasteiger partial charge in [-0.05, 0) is 20.3 Å². The molecule has 0 bridgehead atoms. The van der Waals surface area contributed by atoms with Gasteiger partial charge >= 0.3 is 0 Å². The van der Waals surface area contributed by atoms with Gasteiger partial charge in [0.25, 0.3) is 0 Å². The van der Waals surface area contributed by atoms with E-state index in [2.05, 4.69) is 0 Å². The average molecular weight is 515 g/mol. The molecular weight excluding hydrogens is 476 g/mol. The molecule has 0 aromatic carbocycles. The Balaban J connectivity index is 1.75. The summed E-state index contributed by atoms with van der Waals surface area (Å²) in [5, 5.41) is 81.9. The molecule has 3 fully saturated rings. The van der Waals surface area contributed by atoms with E-state index in [4.69, 9.17) is 28.4 Å². The van der Waals surface area contributed by atoms with Crippen LogP contribution >= 0.6 is 0 Å². The molecule has 3 rings (SSSR count). The highest BCUT2D eigenvalue weighted by Gasteiger charge is 2.52. The van der Waals surface area contributed by atoms with E-state index in [1.54, 1.807) is 6.92 Å². The highest BCUT2D eigenvalue weighted by Crippen LogP contribution is 2.32. The van der Waals surface area contributed by atoms with E-state index in [-0.39, 0.29) is 6.61 Å². The number of aliphatic hydroxyl groups excluding tert-OH is 8. The molecule has 3 aliphatic heterocycles. The molecule has 0 aliphatic carbocycles. The monoisotopic (exact) mass is 514 g/mol. The normalized spacial score (nSPS) is 51.3. The average Bonchev–Trinajstić information content (AvgIpc) is 2.83. The van der Waals surface area contributed by atoms with Gasteiger partial charge in [-0.1, -0.05) is 6.92 Å². The molecule has 14 heteroatoms. The summed E-state index contributed by atoms with van der Waals surface area (Å²) < 4.78 is 33.4. The molecular formula is C21H38O14. The molecule has 3 aliphatic rings. The van der Waals surface area contributed by atoms with Crippen LogP contribution in [0.15, 0.2) is 0 Å². The van der Waals surface area contributed by atoms with E-state index in [0.29, 0.717) is 6.42 Å². The van der Waals surface area contributed by atoms with Crippen molar-refractivity contribution in [2.24, 2.45) is 0 Å². The third kappa shape index (κ3) is 6.13. The molecule has 15 atom stereocenters. The first-order chi connectivity index (χ1) is 16.5. The standard InChI is InChI=1S/C21H38O14/c1-4-5-30-21-18(14(27)10(23)7(2)32-21)35-20-16(29)17(11(24)8(3)31-20)34-19-15(28)13(26)12(25)9(6-22)33-19/h7-29H,4-6H2,1-3H3/t7?,8?,9-,10+,11+,12-,13?,14-,15?,16?,17-,18?,19-,20+,21-/m1/s1. The molecule has 0 radical (unpaired) electrons. The van der Waals surface area contributed by atoms with Crippen LogP contribution in [0.4, 0.5) is 0 Å². The maximum Gasteiger partial charge on any atom is 0.187 e. The Morgan fingerprint density at radius 1 is 0.600 bits per heavy atom. The number of rotatable bonds is 8. The lowest BCUT2D eigenvalue weighted by Gasteiger charge is -2.47. The van der Waals surface area contributed by atoms with Crippen LogP contribution in [0.2, 0.25) is 0 Å². The smallest absolute Gasteiger partial charge is 0.187 e. The van der Waals surface area contributed by atoms with E-state index in [0.717, 1.165) is 0 Å². The zero-order valence-electron chi connectivity index (χ0n) is 19.8. The van der Waals surface area contributed by atoms with E-state index in [1.807, 2.05) is 6.92 Å². The Morgan fingerprint density at radius 3 is 1.80 bits per heavy atom. The Labute approximate surface area is 202 Å². The summed E-state index contributed by atoms with van der Waals surface area (Å²) in [7, 11) is 0. The molecule has 0 amide bonds. The SMILES string of the molecule is CCCO[C@@H]1OC(C)[C@H](O)[C@@H](O)C1O[C@@H]1OC(C)[C@H](O)[C@@H](O[C@H]2O[C@H](CO)[C@@H](O)C(O)C2O)C1O. The van der Waals surface area contributed by atoms with Gasteiger partial charge in [0.05, 0.1) is 18.8 Å². The van der Waals surface area contributed by atoms with Gasteiger partial charge in [0.2, 0.25) is 0 Å². The van der Waals surface area contributed by atoms with Crippen molar-refractivity contribution in [3.63, 3.8) is 0 Å². The van der Waals surface area contributed by atoms with Crippen LogP contribution in [0, 0.1) is 0 Å². The van der Waals surface area contributed by atoms with Crippen molar-refractivity contribution in [3.05, 3.63) is 0 Å². The van der Waals surface area contributed by atoms with Crippen molar-refractivity contribution in [2.75, 3.05) is 13.2 Å². The third-order valence-electron chi connectivity index (χ3n) is 6.48. The molecule has 0 aromatic rings. The molecule has 3 heterocycles. The Morgan fingerprint density at radius 2 is 1.17 bits per heavy atom. The van der Waals surface area contributed by atoms with E-state index in [9.17, 15) is 40.9 Å². The van der Waals surface area contributed by atoms with Crippen molar-refractivity contribution < 1.29 is 69.3 Å². The first-order valence-electron chi connectivity index (χ1n) is 11.8. The van der Waals surface area contributed by atoms with Gasteiger partial charge in [0.15, 0.2) is 18.9 Å². The van der Waals surface area contributed by atoms with Gasteiger partial charge in [-0.15, -0.1) is 0 Å². The van der Waals surface area contributed by atoms with Crippen molar-refractivity contribution in [2.45, 2.75) is 119 Å². The maximum absolute atomic E-state index is 10.9. The second-order valence-corrected chi connectivity index (χ2v) is 9.15. The summed E-state index contributed by atoms with van der Waals surface area (Å²) in [6, 6.07) is 0. The van der Waals surface area contributed by atoms with Crippen molar-refractivity contribution in [1.82, 2.24) is 0 Å². The molecule has 35 heavy (non-hydrogen) atoms. The highest BCUT2D eigenvalue weighted by atomic mass is 16.8. The fourth-order valence-corrected chi connectivity index (χ4v) is 4.27. The van der Waals surface area contributed by atoms with E-state index in [1.165, 1.54) is 6.92 Å². The van der Waals surface area contributed by atoms with E-state index >= 15 is 0 Å². The lowest BCUT2D eigenvalue weighted by atomic mass is 9.96. The van der Waals surface area contributed by atoms with Crippen LogP contribution in [0.3, 0.4) is 0 Å². The van der Waals surface area contributed by atoms with Crippen LogP contribution in [0.25, 0.3) is 0 Å². The Kier molecular flexibility index (Phi) is 10.2. The summed E-state index contributed by atoms with van der Waals surface area (Å²) in [5.74, 6) is 0. The lowest BCUT2D eigenvalue weighted by Crippen LogP contribution is -2.65. The number of aliphatic hydroxyl groups is 8. The Hall–Kier alpha value is -0.560. The summed E-state index contributed by atoms with van der Waals surface area (Å²) in [6.07, 6.45) is -20.3. The van der Waals surface area contributed by atoms with Crippen LogP contribution in [0.5, 0.6) is 0 Å². The summed E-state index contributed by atoms with van der Waals surface area (Å²) in [4.78, 5) is 0. The number of hydrogen-bond donors (Lipinski definition) is 8. The van der Waals surface area contributed by atoms with Crippen molar-refractivity contribution >= 4 is 0 Å². The van der Waals surface area contributed by atoms with Gasteiger partial charge in [-0.2, -0.15) is 0 Å². The quantitative estimate of drug-likeness (QED) is 0.155. The number of ether oxygens (including phenoxy) is 6. The maximum atomic E-state index is 10.9. The Bertz CT molecular complexity index is 654. The summed E-state index contributed by atoms with van der Waals surface area (Å²) >= 11 is 0. The predicted molar refractivity (Wildman–Crippen MR) is 112 cm³/mol. The highest BCUT2D eigenvalue weighted by molar-refractivity contribution is 4.95. The van der Waals surface area contributed by atoms with Gasteiger partial charge < -0.3 is 69.3 Å². The fraction of sp³-hybridized carbons (Fsp3) is 1.00. The minimum atomic E-state index is -1.76. The van der Waals surface area contributed by atoms with Gasteiger partial charge in [0, 0.05) is 6.61 Å². The van der Waals surface area contributed by atoms with Gasteiger partial charge in [0.1, 0.15) is 61.0 Å². The molecule has 8 N–H and O–H groups in total. The van der Waals surface area contributed by atoms with Crippen LogP contribution < -0.4 is 0 Å². The first kappa shape index (κ1) is 29.0. The topological polar surface area (TPSA) is 217 Å². The van der Waals surface area contributed by atoms with Crippen molar-refractivity contribution in [3.8, 4) is 0 Å². The summed E-state index contributed by atoms with van der Waals surface area (Å²) in [5.41, 5.74) is 0. The summed E-state index contributed by atoms with van der Waals surface area (Å²) in [6.45, 7) is 4.47. The molecule has 14 nitrogen and oxygen atoms in total. The predicted octanol–water partition coefficient (Wildman–Crippen LogP) is -4.08. The number of hydrogen-bond acceptors (Lipinski definition) is 14. The van der Waals surface area contributed by atoms with Crippen molar-refractivity contribution in [1.29, 1.82) is 0 Å². The first-order valence-corrected chi connectivity index (χ1v) is 11.8.